The van der Waals surface area contributed by atoms with E-state index in [9.17, 15) is 25.0 Å². The molecule has 16 heteroatoms. The van der Waals surface area contributed by atoms with Gasteiger partial charge in [0.05, 0.1) is 23.7 Å². The molecule has 0 saturated carbocycles. The minimum absolute atomic E-state index is 0.0191. The normalized spacial score (nSPS) is 18.6. The number of azide groups is 1. The number of aliphatic hydroxyl groups excluding tert-OH is 1. The number of alkyl carbamates (subject to hydrolysis) is 1. The van der Waals surface area contributed by atoms with Crippen LogP contribution in [-0.4, -0.2) is 85.2 Å². The molecule has 0 bridgehead atoms. The van der Waals surface area contributed by atoms with E-state index < -0.39 is 71.2 Å². The molecule has 0 radical (unpaired) electrons. The van der Waals surface area contributed by atoms with Crippen molar-refractivity contribution >= 4 is 35.0 Å². The fraction of sp³-hybridized carbons (Fsp3) is 0.400. The average Bonchev–Trinajstić information content (AvgIpc) is 3.75. The SMILES string of the molecule is CC(C)C(NC(=O)OC(C)(C)C)C(=O)O[C@@H]1[C@H](O)[C@@H](COC(c2ccccc2)(c2ccccc2)c2ccccc2)N(C(=O)OC(C)(C)C)[C@H]1c1c[nH]c2c(N=[N+]=[N-])ncnc12. The zero-order valence-corrected chi connectivity index (χ0v) is 35.5. The highest BCUT2D eigenvalue weighted by molar-refractivity contribution is 5.88. The first-order valence-corrected chi connectivity index (χ1v) is 20.0. The Balaban J connectivity index is 1.52. The van der Waals surface area contributed by atoms with Gasteiger partial charge in [0.2, 0.25) is 0 Å². The molecular formula is C45H52N8O8. The molecule has 3 N–H and O–H groups in total. The van der Waals surface area contributed by atoms with Crippen LogP contribution in [0.15, 0.2) is 109 Å². The summed E-state index contributed by atoms with van der Waals surface area (Å²) >= 11 is 0. The Bertz CT molecular complexity index is 2260. The predicted octanol–water partition coefficient (Wildman–Crippen LogP) is 8.39. The Morgan fingerprint density at radius 1 is 0.869 bits per heavy atom. The number of rotatable bonds is 12. The summed E-state index contributed by atoms with van der Waals surface area (Å²) in [6.45, 7) is 13.4. The van der Waals surface area contributed by atoms with Crippen molar-refractivity contribution in [1.29, 1.82) is 0 Å². The largest absolute Gasteiger partial charge is 0.455 e. The van der Waals surface area contributed by atoms with Gasteiger partial charge in [0.1, 0.15) is 41.3 Å². The Morgan fingerprint density at radius 3 is 1.90 bits per heavy atom. The highest BCUT2D eigenvalue weighted by atomic mass is 16.6. The maximum atomic E-state index is 14.7. The Labute approximate surface area is 354 Å². The minimum atomic E-state index is -1.61. The quantitative estimate of drug-likeness (QED) is 0.0273. The molecule has 5 atom stereocenters. The highest BCUT2D eigenvalue weighted by Crippen LogP contribution is 2.46. The number of hydrogen-bond acceptors (Lipinski definition) is 11. The number of nitrogens with one attached hydrogen (secondary N) is 2. The van der Waals surface area contributed by atoms with Gasteiger partial charge in [-0.2, -0.15) is 0 Å². The van der Waals surface area contributed by atoms with E-state index in [4.69, 9.17) is 18.9 Å². The summed E-state index contributed by atoms with van der Waals surface area (Å²) in [5.41, 5.74) is 9.23. The van der Waals surface area contributed by atoms with Gasteiger partial charge in [0.25, 0.3) is 0 Å². The van der Waals surface area contributed by atoms with E-state index >= 15 is 0 Å². The van der Waals surface area contributed by atoms with Crippen molar-refractivity contribution in [3.05, 3.63) is 136 Å². The second kappa shape index (κ2) is 18.0. The van der Waals surface area contributed by atoms with Crippen molar-refractivity contribution in [2.75, 3.05) is 6.61 Å². The van der Waals surface area contributed by atoms with Crippen LogP contribution in [0.5, 0.6) is 0 Å². The molecule has 1 saturated heterocycles. The van der Waals surface area contributed by atoms with Crippen molar-refractivity contribution in [3.63, 3.8) is 0 Å². The van der Waals surface area contributed by atoms with Gasteiger partial charge >= 0.3 is 18.2 Å². The third-order valence-electron chi connectivity index (χ3n) is 10.1. The average molecular weight is 833 g/mol. The van der Waals surface area contributed by atoms with Gasteiger partial charge < -0.3 is 34.4 Å². The van der Waals surface area contributed by atoms with Crippen molar-refractivity contribution in [1.82, 2.24) is 25.2 Å². The number of nitrogens with zero attached hydrogens (tertiary/aromatic N) is 6. The molecule has 61 heavy (non-hydrogen) atoms. The van der Waals surface area contributed by atoms with Crippen LogP contribution in [0.2, 0.25) is 0 Å². The maximum absolute atomic E-state index is 14.7. The second-order valence-electron chi connectivity index (χ2n) is 17.1. The van der Waals surface area contributed by atoms with E-state index in [1.54, 1.807) is 55.4 Å². The van der Waals surface area contributed by atoms with Crippen LogP contribution in [0.1, 0.15) is 83.7 Å². The van der Waals surface area contributed by atoms with Gasteiger partial charge in [-0.3, -0.25) is 4.90 Å². The minimum Gasteiger partial charge on any atom is -0.455 e. The summed E-state index contributed by atoms with van der Waals surface area (Å²) in [5, 5.41) is 18.9. The number of hydrogen-bond donors (Lipinski definition) is 3. The lowest BCUT2D eigenvalue weighted by Gasteiger charge is -2.38. The molecule has 2 amide bonds. The smallest absolute Gasteiger partial charge is 0.411 e. The lowest BCUT2D eigenvalue weighted by atomic mass is 9.80. The van der Waals surface area contributed by atoms with E-state index in [1.807, 2.05) is 91.0 Å². The van der Waals surface area contributed by atoms with Crippen LogP contribution in [0, 0.1) is 5.92 Å². The number of benzene rings is 3. The Hall–Kier alpha value is -6.48. The molecule has 5 aromatic rings. The first-order valence-electron chi connectivity index (χ1n) is 20.0. The van der Waals surface area contributed by atoms with Crippen LogP contribution < -0.4 is 5.32 Å². The van der Waals surface area contributed by atoms with Crippen LogP contribution in [0.4, 0.5) is 15.4 Å². The lowest BCUT2D eigenvalue weighted by Crippen LogP contribution is -2.49. The van der Waals surface area contributed by atoms with Gasteiger partial charge in [-0.25, -0.2) is 24.4 Å². The van der Waals surface area contributed by atoms with Gasteiger partial charge in [0.15, 0.2) is 11.9 Å². The van der Waals surface area contributed by atoms with Crippen LogP contribution in [0.25, 0.3) is 21.5 Å². The number of esters is 1. The number of fused-ring (bicyclic) bond motifs is 1. The zero-order chi connectivity index (χ0) is 44.1. The number of aromatic nitrogens is 3. The molecule has 16 nitrogen and oxygen atoms in total. The molecule has 0 aliphatic carbocycles. The molecule has 1 unspecified atom stereocenters. The molecule has 6 rings (SSSR count). The van der Waals surface area contributed by atoms with Gasteiger partial charge in [-0.05, 0) is 74.8 Å². The van der Waals surface area contributed by atoms with Crippen molar-refractivity contribution in [2.24, 2.45) is 11.0 Å². The van der Waals surface area contributed by atoms with Crippen LogP contribution >= 0.6 is 0 Å². The molecule has 2 aromatic heterocycles. The van der Waals surface area contributed by atoms with Gasteiger partial charge in [-0.1, -0.05) is 105 Å². The molecule has 1 aliphatic heterocycles. The number of aromatic amines is 1. The Kier molecular flexibility index (Phi) is 13.0. The first-order chi connectivity index (χ1) is 28.9. The molecule has 1 fully saturated rings. The topological polar surface area (TPSA) is 214 Å². The number of aliphatic hydroxyl groups is 1. The van der Waals surface area contributed by atoms with Crippen LogP contribution in [-0.2, 0) is 29.3 Å². The summed E-state index contributed by atoms with van der Waals surface area (Å²) in [7, 11) is 0. The fourth-order valence-corrected chi connectivity index (χ4v) is 7.55. The number of H-pyrrole nitrogens is 1. The summed E-state index contributed by atoms with van der Waals surface area (Å²) in [4.78, 5) is 57.9. The molecular weight excluding hydrogens is 781 g/mol. The number of carbonyl (C=O) groups excluding carboxylic acids is 3. The lowest BCUT2D eigenvalue weighted by molar-refractivity contribution is -0.159. The van der Waals surface area contributed by atoms with Crippen molar-refractivity contribution in [3.8, 4) is 0 Å². The molecule has 0 spiro atoms. The molecule has 3 aromatic carbocycles. The number of amides is 2. The number of carbonyl (C=O) groups is 3. The molecule has 320 valence electrons. The summed E-state index contributed by atoms with van der Waals surface area (Å²) < 4.78 is 24.9. The summed E-state index contributed by atoms with van der Waals surface area (Å²) in [5.74, 6) is -1.40. The van der Waals surface area contributed by atoms with E-state index in [2.05, 4.69) is 30.3 Å². The van der Waals surface area contributed by atoms with E-state index in [1.165, 1.54) is 17.4 Å². The van der Waals surface area contributed by atoms with E-state index in [0.29, 0.717) is 5.56 Å². The Morgan fingerprint density at radius 2 is 1.41 bits per heavy atom. The van der Waals surface area contributed by atoms with Crippen molar-refractivity contribution < 1.29 is 38.4 Å². The third kappa shape index (κ3) is 9.62. The first kappa shape index (κ1) is 44.1. The third-order valence-corrected chi connectivity index (χ3v) is 10.1. The van der Waals surface area contributed by atoms with Crippen LogP contribution in [0.3, 0.4) is 0 Å². The second-order valence-corrected chi connectivity index (χ2v) is 17.1. The fourth-order valence-electron chi connectivity index (χ4n) is 7.55. The van der Waals surface area contributed by atoms with E-state index in [-0.39, 0.29) is 23.5 Å². The number of ether oxygens (including phenoxy) is 4. The molecule has 1 aliphatic rings. The molecule has 3 heterocycles. The monoisotopic (exact) mass is 832 g/mol. The van der Waals surface area contributed by atoms with Gasteiger partial charge in [-0.15, -0.1) is 0 Å². The highest BCUT2D eigenvalue weighted by Gasteiger charge is 2.56. The number of likely N-dealkylation sites (tertiary alicyclic amines) is 1. The summed E-state index contributed by atoms with van der Waals surface area (Å²) in [6, 6.07) is 25.1. The zero-order valence-electron chi connectivity index (χ0n) is 35.5. The van der Waals surface area contributed by atoms with Crippen molar-refractivity contribution in [2.45, 2.75) is 103 Å². The van der Waals surface area contributed by atoms with Gasteiger partial charge in [0, 0.05) is 16.7 Å². The standard InChI is InChI=1S/C45H52N8O8/c1-27(2)33(50-41(56)60-43(3,4)5)40(55)59-38-36(31-24-47-35-34(31)48-26-49-39(35)51-52-46)53(42(57)61-44(6,7)8)32(37(38)54)25-58-45(28-18-12-9-13-19-28,29-20-14-10-15-21-29)30-22-16-11-17-23-30/h9-24,26-27,32-33,36-38,47,54H,25H2,1-8H3,(H,50,56)/t32-,33?,36+,37-,38+/m1/s1. The maximum Gasteiger partial charge on any atom is 0.411 e. The van der Waals surface area contributed by atoms with E-state index in [0.717, 1.165) is 16.7 Å². The summed E-state index contributed by atoms with van der Waals surface area (Å²) in [6.07, 6.45) is -2.07. The predicted molar refractivity (Wildman–Crippen MR) is 226 cm³/mol.